The van der Waals surface area contributed by atoms with Crippen molar-refractivity contribution >= 4 is 17.7 Å². The SMILES string of the molecule is CCC(C)/C=C(\SC)C(=O)NCC(F)(F)F. The maximum atomic E-state index is 11.9. The Labute approximate surface area is 97.7 Å². The van der Waals surface area contributed by atoms with Crippen LogP contribution in [0.2, 0.25) is 0 Å². The van der Waals surface area contributed by atoms with E-state index in [0.29, 0.717) is 4.91 Å². The van der Waals surface area contributed by atoms with Gasteiger partial charge >= 0.3 is 6.18 Å². The molecule has 2 nitrogen and oxygen atoms in total. The molecule has 0 heterocycles. The van der Waals surface area contributed by atoms with Crippen LogP contribution in [0.4, 0.5) is 13.2 Å². The molecule has 0 spiro atoms. The van der Waals surface area contributed by atoms with Crippen molar-refractivity contribution in [2.75, 3.05) is 12.8 Å². The lowest BCUT2D eigenvalue weighted by Gasteiger charge is -2.10. The predicted molar refractivity (Wildman–Crippen MR) is 60.1 cm³/mol. The number of carbonyl (C=O) groups excluding carboxylic acids is 1. The van der Waals surface area contributed by atoms with Crippen molar-refractivity contribution in [1.29, 1.82) is 0 Å². The van der Waals surface area contributed by atoms with Gasteiger partial charge in [-0.3, -0.25) is 4.79 Å². The molecule has 1 amide bonds. The van der Waals surface area contributed by atoms with Gasteiger partial charge in [-0.05, 0) is 12.2 Å². The molecule has 1 atom stereocenters. The zero-order chi connectivity index (χ0) is 12.8. The minimum atomic E-state index is -4.37. The fourth-order valence-corrected chi connectivity index (χ4v) is 1.51. The van der Waals surface area contributed by atoms with Crippen molar-refractivity contribution in [3.8, 4) is 0 Å². The summed E-state index contributed by atoms with van der Waals surface area (Å²) in [5, 5.41) is 1.85. The highest BCUT2D eigenvalue weighted by molar-refractivity contribution is 8.03. The fourth-order valence-electron chi connectivity index (χ4n) is 0.880. The summed E-state index contributed by atoms with van der Waals surface area (Å²) in [5.74, 6) is -0.482. The van der Waals surface area contributed by atoms with Crippen molar-refractivity contribution in [3.63, 3.8) is 0 Å². The van der Waals surface area contributed by atoms with Crippen molar-refractivity contribution < 1.29 is 18.0 Å². The average Bonchev–Trinajstić information content (AvgIpc) is 2.21. The molecule has 0 fully saturated rings. The Balaban J connectivity index is 4.38. The zero-order valence-corrected chi connectivity index (χ0v) is 10.3. The number of halogens is 3. The van der Waals surface area contributed by atoms with E-state index in [1.807, 2.05) is 19.2 Å². The molecule has 1 unspecified atom stereocenters. The molecule has 0 saturated carbocycles. The molecule has 1 N–H and O–H groups in total. The van der Waals surface area contributed by atoms with E-state index in [9.17, 15) is 18.0 Å². The van der Waals surface area contributed by atoms with Crippen LogP contribution in [0.1, 0.15) is 20.3 Å². The summed E-state index contributed by atoms with van der Waals surface area (Å²) in [6.07, 6.45) is -0.163. The minimum Gasteiger partial charge on any atom is -0.342 e. The first-order valence-corrected chi connectivity index (χ1v) is 6.13. The van der Waals surface area contributed by atoms with E-state index in [2.05, 4.69) is 0 Å². The van der Waals surface area contributed by atoms with E-state index in [0.717, 1.165) is 18.2 Å². The molecular formula is C10H16F3NOS. The first-order chi connectivity index (χ1) is 7.30. The van der Waals surface area contributed by atoms with Crippen LogP contribution in [0.15, 0.2) is 11.0 Å². The third-order valence-corrected chi connectivity index (χ3v) is 2.73. The van der Waals surface area contributed by atoms with Crippen molar-refractivity contribution in [3.05, 3.63) is 11.0 Å². The summed E-state index contributed by atoms with van der Waals surface area (Å²) in [5.41, 5.74) is 0. The van der Waals surface area contributed by atoms with E-state index in [1.54, 1.807) is 12.3 Å². The van der Waals surface area contributed by atoms with Crippen LogP contribution in [0.5, 0.6) is 0 Å². The molecule has 94 valence electrons. The highest BCUT2D eigenvalue weighted by Crippen LogP contribution is 2.18. The Morgan fingerprint density at radius 3 is 2.44 bits per heavy atom. The summed E-state index contributed by atoms with van der Waals surface area (Å²) in [6.45, 7) is 2.57. The van der Waals surface area contributed by atoms with Crippen LogP contribution in [0.3, 0.4) is 0 Å². The van der Waals surface area contributed by atoms with Gasteiger partial charge in [-0.15, -0.1) is 11.8 Å². The Kier molecular flexibility index (Phi) is 6.55. The number of thioether (sulfide) groups is 1. The summed E-state index contributed by atoms with van der Waals surface area (Å²) < 4.78 is 35.6. The Morgan fingerprint density at radius 1 is 1.50 bits per heavy atom. The summed E-state index contributed by atoms with van der Waals surface area (Å²) in [4.78, 5) is 11.7. The van der Waals surface area contributed by atoms with E-state index >= 15 is 0 Å². The van der Waals surface area contributed by atoms with Gasteiger partial charge in [-0.25, -0.2) is 0 Å². The predicted octanol–water partition coefficient (Wildman–Crippen LogP) is 2.96. The number of nitrogens with one attached hydrogen (secondary N) is 1. The van der Waals surface area contributed by atoms with Gasteiger partial charge in [0.1, 0.15) is 6.54 Å². The molecule has 0 radical (unpaired) electrons. The number of allylic oxidation sites excluding steroid dienone is 1. The van der Waals surface area contributed by atoms with Crippen molar-refractivity contribution in [1.82, 2.24) is 5.32 Å². The third kappa shape index (κ3) is 6.76. The van der Waals surface area contributed by atoms with Gasteiger partial charge in [0, 0.05) is 0 Å². The first kappa shape index (κ1) is 15.3. The topological polar surface area (TPSA) is 29.1 Å². The molecule has 6 heteroatoms. The number of hydrogen-bond donors (Lipinski definition) is 1. The first-order valence-electron chi connectivity index (χ1n) is 4.91. The Hall–Kier alpha value is -0.650. The van der Waals surface area contributed by atoms with Crippen molar-refractivity contribution in [2.24, 2.45) is 5.92 Å². The lowest BCUT2D eigenvalue weighted by atomic mass is 10.1. The number of alkyl halides is 3. The van der Waals surface area contributed by atoms with Gasteiger partial charge in [0.25, 0.3) is 5.91 Å². The van der Waals surface area contributed by atoms with Crippen LogP contribution < -0.4 is 5.32 Å². The molecule has 16 heavy (non-hydrogen) atoms. The number of rotatable bonds is 5. The van der Waals surface area contributed by atoms with E-state index in [1.165, 1.54) is 0 Å². The monoisotopic (exact) mass is 255 g/mol. The van der Waals surface area contributed by atoms with Gasteiger partial charge in [0.2, 0.25) is 0 Å². The minimum absolute atomic E-state index is 0.180. The average molecular weight is 255 g/mol. The second kappa shape index (κ2) is 6.83. The standard InChI is InChI=1S/C10H16F3NOS/c1-4-7(2)5-8(16-3)9(15)14-6-10(11,12)13/h5,7H,4,6H2,1-3H3,(H,14,15)/b8-5-. The fraction of sp³-hybridized carbons (Fsp3) is 0.700. The number of hydrogen-bond acceptors (Lipinski definition) is 2. The highest BCUT2D eigenvalue weighted by Gasteiger charge is 2.28. The molecule has 0 aromatic carbocycles. The van der Waals surface area contributed by atoms with Crippen molar-refractivity contribution in [2.45, 2.75) is 26.4 Å². The van der Waals surface area contributed by atoms with Crippen LogP contribution in [-0.2, 0) is 4.79 Å². The van der Waals surface area contributed by atoms with E-state index in [-0.39, 0.29) is 5.92 Å². The lowest BCUT2D eigenvalue weighted by molar-refractivity contribution is -0.135. The third-order valence-electron chi connectivity index (χ3n) is 1.97. The van der Waals surface area contributed by atoms with Crippen LogP contribution in [-0.4, -0.2) is 24.9 Å². The lowest BCUT2D eigenvalue weighted by Crippen LogP contribution is -2.34. The normalized spacial score (nSPS) is 14.8. The maximum Gasteiger partial charge on any atom is 0.405 e. The molecule has 0 aromatic heterocycles. The van der Waals surface area contributed by atoms with Gasteiger partial charge in [-0.2, -0.15) is 13.2 Å². The smallest absolute Gasteiger partial charge is 0.342 e. The second-order valence-corrected chi connectivity index (χ2v) is 4.27. The van der Waals surface area contributed by atoms with Gasteiger partial charge < -0.3 is 5.32 Å². The molecular weight excluding hydrogens is 239 g/mol. The molecule has 0 aliphatic heterocycles. The second-order valence-electron chi connectivity index (χ2n) is 3.42. The molecule has 0 aromatic rings. The molecule has 0 bridgehead atoms. The molecule has 0 aliphatic carbocycles. The maximum absolute atomic E-state index is 11.9. The summed E-state index contributed by atoms with van der Waals surface area (Å²) >= 11 is 1.15. The Morgan fingerprint density at radius 2 is 2.06 bits per heavy atom. The summed E-state index contributed by atoms with van der Waals surface area (Å²) in [6, 6.07) is 0. The molecule has 0 aliphatic rings. The zero-order valence-electron chi connectivity index (χ0n) is 9.52. The van der Waals surface area contributed by atoms with Crippen LogP contribution in [0.25, 0.3) is 0 Å². The van der Waals surface area contributed by atoms with E-state index in [4.69, 9.17) is 0 Å². The van der Waals surface area contributed by atoms with Crippen LogP contribution >= 0.6 is 11.8 Å². The van der Waals surface area contributed by atoms with E-state index < -0.39 is 18.6 Å². The summed E-state index contributed by atoms with van der Waals surface area (Å²) in [7, 11) is 0. The van der Waals surface area contributed by atoms with Gasteiger partial charge in [0.05, 0.1) is 4.91 Å². The number of amides is 1. The highest BCUT2D eigenvalue weighted by atomic mass is 32.2. The number of carbonyl (C=O) groups is 1. The van der Waals surface area contributed by atoms with Gasteiger partial charge in [-0.1, -0.05) is 26.3 Å². The molecule has 0 rings (SSSR count). The van der Waals surface area contributed by atoms with Crippen LogP contribution in [0, 0.1) is 5.92 Å². The Bertz CT molecular complexity index is 263. The van der Waals surface area contributed by atoms with Gasteiger partial charge in [0.15, 0.2) is 0 Å². The quantitative estimate of drug-likeness (QED) is 0.765. The molecule has 0 saturated heterocycles. The largest absolute Gasteiger partial charge is 0.405 e.